The zero-order chi connectivity index (χ0) is 9.14. The summed E-state index contributed by atoms with van der Waals surface area (Å²) in [5.74, 6) is -0.333. The van der Waals surface area contributed by atoms with Gasteiger partial charge < -0.3 is 15.4 Å². The van der Waals surface area contributed by atoms with Gasteiger partial charge in [-0.2, -0.15) is 0 Å². The van der Waals surface area contributed by atoms with Crippen molar-refractivity contribution in [3.63, 3.8) is 0 Å². The van der Waals surface area contributed by atoms with E-state index in [2.05, 4.69) is 5.16 Å². The summed E-state index contributed by atoms with van der Waals surface area (Å²) in [5, 5.41) is 29.0. The Labute approximate surface area is 73.3 Å². The molecule has 0 unspecified atom stereocenters. The van der Waals surface area contributed by atoms with E-state index in [1.54, 1.807) is 0 Å². The first kappa shape index (κ1) is 8.67. The van der Waals surface area contributed by atoms with Gasteiger partial charge in [0.05, 0.1) is 16.8 Å². The minimum Gasteiger partial charge on any atom is -0.507 e. The lowest BCUT2D eigenvalue weighted by Crippen LogP contribution is -1.84. The Bertz CT molecular complexity index is 325. The molecule has 1 rings (SSSR count). The highest BCUT2D eigenvalue weighted by Gasteiger charge is 2.08. The molecule has 1 aromatic rings. The Kier molecular flexibility index (Phi) is 2.40. The van der Waals surface area contributed by atoms with Gasteiger partial charge in [-0.05, 0) is 12.1 Å². The van der Waals surface area contributed by atoms with E-state index in [9.17, 15) is 0 Å². The maximum atomic E-state index is 9.15. The summed E-state index contributed by atoms with van der Waals surface area (Å²) in [6.07, 6.45) is 0.942. The Morgan fingerprint density at radius 2 is 1.83 bits per heavy atom. The van der Waals surface area contributed by atoms with E-state index in [1.807, 2.05) is 0 Å². The van der Waals surface area contributed by atoms with Gasteiger partial charge in [-0.1, -0.05) is 16.8 Å². The van der Waals surface area contributed by atoms with Crippen molar-refractivity contribution in [1.82, 2.24) is 0 Å². The van der Waals surface area contributed by atoms with Gasteiger partial charge in [0.25, 0.3) is 0 Å². The van der Waals surface area contributed by atoms with Crippen molar-refractivity contribution in [2.24, 2.45) is 5.16 Å². The standard InChI is InChI=1S/C7H6ClNO3/c8-7-4(3-9-12)5(10)1-2-6(7)11/h1-3,10-12H/b9-3-. The predicted molar refractivity (Wildman–Crippen MR) is 44.2 cm³/mol. The molecule has 0 aliphatic heterocycles. The number of hydrogen-bond donors (Lipinski definition) is 3. The van der Waals surface area contributed by atoms with E-state index in [1.165, 1.54) is 12.1 Å². The van der Waals surface area contributed by atoms with E-state index in [-0.39, 0.29) is 22.1 Å². The van der Waals surface area contributed by atoms with Crippen LogP contribution in [0.5, 0.6) is 11.5 Å². The largest absolute Gasteiger partial charge is 0.507 e. The van der Waals surface area contributed by atoms with Gasteiger partial charge in [0.2, 0.25) is 0 Å². The van der Waals surface area contributed by atoms with Gasteiger partial charge in [0.1, 0.15) is 11.5 Å². The van der Waals surface area contributed by atoms with Crippen LogP contribution in [0.4, 0.5) is 0 Å². The predicted octanol–water partition coefficient (Wildman–Crippen LogP) is 1.56. The SMILES string of the molecule is O/N=C\c1c(O)ccc(O)c1Cl. The maximum Gasteiger partial charge on any atom is 0.135 e. The molecule has 0 bridgehead atoms. The van der Waals surface area contributed by atoms with Crippen molar-refractivity contribution >= 4 is 17.8 Å². The summed E-state index contributed by atoms with van der Waals surface area (Å²) < 4.78 is 0. The van der Waals surface area contributed by atoms with Gasteiger partial charge in [-0.15, -0.1) is 0 Å². The lowest BCUT2D eigenvalue weighted by Gasteiger charge is -2.01. The fourth-order valence-corrected chi connectivity index (χ4v) is 0.960. The molecule has 0 aliphatic rings. The fraction of sp³-hybridized carbons (Fsp3) is 0. The molecule has 64 valence electrons. The van der Waals surface area contributed by atoms with E-state index in [4.69, 9.17) is 27.0 Å². The van der Waals surface area contributed by atoms with Gasteiger partial charge in [0.15, 0.2) is 0 Å². The zero-order valence-corrected chi connectivity index (χ0v) is 6.65. The summed E-state index contributed by atoms with van der Waals surface area (Å²) in [6.45, 7) is 0. The molecule has 0 heterocycles. The number of phenolic OH excluding ortho intramolecular Hbond substituents is 2. The molecule has 0 aromatic heterocycles. The van der Waals surface area contributed by atoms with Crippen molar-refractivity contribution < 1.29 is 15.4 Å². The van der Waals surface area contributed by atoms with Crippen LogP contribution in [-0.2, 0) is 0 Å². The van der Waals surface area contributed by atoms with Crippen LogP contribution in [-0.4, -0.2) is 21.6 Å². The third-order valence-electron chi connectivity index (χ3n) is 1.32. The second-order valence-corrected chi connectivity index (χ2v) is 2.45. The van der Waals surface area contributed by atoms with Crippen LogP contribution in [0.3, 0.4) is 0 Å². The lowest BCUT2D eigenvalue weighted by molar-refractivity contribution is 0.321. The van der Waals surface area contributed by atoms with Crippen molar-refractivity contribution in [2.75, 3.05) is 0 Å². The molecule has 0 amide bonds. The third kappa shape index (κ3) is 1.43. The smallest absolute Gasteiger partial charge is 0.135 e. The average molecular weight is 188 g/mol. The van der Waals surface area contributed by atoms with Gasteiger partial charge in [-0.3, -0.25) is 0 Å². The summed E-state index contributed by atoms with van der Waals surface area (Å²) in [7, 11) is 0. The highest BCUT2D eigenvalue weighted by atomic mass is 35.5. The van der Waals surface area contributed by atoms with Gasteiger partial charge >= 0.3 is 0 Å². The second-order valence-electron chi connectivity index (χ2n) is 2.08. The van der Waals surface area contributed by atoms with E-state index in [0.29, 0.717) is 0 Å². The number of halogens is 1. The Morgan fingerprint density at radius 1 is 1.25 bits per heavy atom. The highest BCUT2D eigenvalue weighted by Crippen LogP contribution is 2.31. The fourth-order valence-electron chi connectivity index (χ4n) is 0.752. The van der Waals surface area contributed by atoms with Crippen molar-refractivity contribution in [3.8, 4) is 11.5 Å². The molecule has 0 atom stereocenters. The van der Waals surface area contributed by atoms with Crippen LogP contribution in [0.1, 0.15) is 5.56 Å². The highest BCUT2D eigenvalue weighted by molar-refractivity contribution is 6.34. The van der Waals surface area contributed by atoms with Crippen molar-refractivity contribution in [2.45, 2.75) is 0 Å². The van der Waals surface area contributed by atoms with Gasteiger partial charge in [0, 0.05) is 0 Å². The number of oxime groups is 1. The molecule has 0 fully saturated rings. The maximum absolute atomic E-state index is 9.15. The number of rotatable bonds is 1. The van der Waals surface area contributed by atoms with Crippen LogP contribution in [0, 0.1) is 0 Å². The molecular weight excluding hydrogens is 182 g/mol. The van der Waals surface area contributed by atoms with E-state index < -0.39 is 0 Å². The molecule has 0 saturated heterocycles. The Morgan fingerprint density at radius 3 is 2.42 bits per heavy atom. The summed E-state index contributed by atoms with van der Waals surface area (Å²) in [5.41, 5.74) is 0.0826. The van der Waals surface area contributed by atoms with Crippen molar-refractivity contribution in [3.05, 3.63) is 22.7 Å². The van der Waals surface area contributed by atoms with Crippen LogP contribution >= 0.6 is 11.6 Å². The monoisotopic (exact) mass is 187 g/mol. The van der Waals surface area contributed by atoms with Crippen LogP contribution in [0.25, 0.3) is 0 Å². The number of aromatic hydroxyl groups is 2. The van der Waals surface area contributed by atoms with Crippen LogP contribution in [0.15, 0.2) is 17.3 Å². The number of hydrogen-bond acceptors (Lipinski definition) is 4. The molecular formula is C7H6ClNO3. The molecule has 12 heavy (non-hydrogen) atoms. The molecule has 0 radical (unpaired) electrons. The van der Waals surface area contributed by atoms with Crippen molar-refractivity contribution in [1.29, 1.82) is 0 Å². The quantitative estimate of drug-likeness (QED) is 0.270. The third-order valence-corrected chi connectivity index (χ3v) is 1.72. The second kappa shape index (κ2) is 3.32. The molecule has 5 heteroatoms. The minimum absolute atomic E-state index is 0.0483. The normalized spacial score (nSPS) is 10.8. The molecule has 3 N–H and O–H groups in total. The first-order chi connectivity index (χ1) is 5.66. The lowest BCUT2D eigenvalue weighted by atomic mass is 10.2. The molecule has 0 aliphatic carbocycles. The summed E-state index contributed by atoms with van der Waals surface area (Å²) in [6, 6.07) is 2.49. The Hall–Kier alpha value is -1.42. The van der Waals surface area contributed by atoms with Crippen LogP contribution in [0.2, 0.25) is 5.02 Å². The summed E-state index contributed by atoms with van der Waals surface area (Å²) in [4.78, 5) is 0. The Balaban J connectivity index is 3.32. The number of benzene rings is 1. The number of phenols is 2. The van der Waals surface area contributed by atoms with E-state index >= 15 is 0 Å². The average Bonchev–Trinajstić information content (AvgIpc) is 2.06. The first-order valence-electron chi connectivity index (χ1n) is 3.04. The molecule has 0 spiro atoms. The van der Waals surface area contributed by atoms with E-state index in [0.717, 1.165) is 6.21 Å². The molecule has 0 saturated carbocycles. The zero-order valence-electron chi connectivity index (χ0n) is 5.90. The molecule has 4 nitrogen and oxygen atoms in total. The summed E-state index contributed by atoms with van der Waals surface area (Å²) >= 11 is 5.56. The van der Waals surface area contributed by atoms with Crippen LogP contribution < -0.4 is 0 Å². The van der Waals surface area contributed by atoms with Gasteiger partial charge in [-0.25, -0.2) is 0 Å². The first-order valence-corrected chi connectivity index (χ1v) is 3.42. The topological polar surface area (TPSA) is 73.1 Å². The minimum atomic E-state index is -0.177. The number of nitrogens with zero attached hydrogens (tertiary/aromatic N) is 1. The molecule has 1 aromatic carbocycles.